The van der Waals surface area contributed by atoms with E-state index in [1.165, 1.54) is 10.6 Å². The molecule has 0 fully saturated rings. The Morgan fingerprint density at radius 3 is 2.30 bits per heavy atom. The van der Waals surface area contributed by atoms with Crippen molar-refractivity contribution >= 4 is 21.6 Å². The molecule has 0 aliphatic rings. The van der Waals surface area contributed by atoms with Gasteiger partial charge in [0.05, 0.1) is 18.0 Å². The molecule has 0 bridgehead atoms. The third-order valence-electron chi connectivity index (χ3n) is 4.73. The molecule has 0 aromatic heterocycles. The lowest BCUT2D eigenvalue weighted by Crippen LogP contribution is -2.37. The summed E-state index contributed by atoms with van der Waals surface area (Å²) in [5, 5.41) is 2.90. The predicted octanol–water partition coefficient (Wildman–Crippen LogP) is 3.69. The van der Waals surface area contributed by atoms with Crippen LogP contribution in [0.5, 0.6) is 5.75 Å². The molecule has 30 heavy (non-hydrogen) atoms. The van der Waals surface area contributed by atoms with Crippen molar-refractivity contribution in [1.82, 2.24) is 5.32 Å². The lowest BCUT2D eigenvalue weighted by Gasteiger charge is -2.23. The van der Waals surface area contributed by atoms with E-state index in [1.807, 2.05) is 62.4 Å². The van der Waals surface area contributed by atoms with Crippen LogP contribution in [0.25, 0.3) is 0 Å². The second-order valence-electron chi connectivity index (χ2n) is 7.55. The Bertz CT molecular complexity index is 909. The molecular weight excluding hydrogens is 400 g/mol. The molecule has 164 valence electrons. The van der Waals surface area contributed by atoms with Gasteiger partial charge >= 0.3 is 0 Å². The fourth-order valence-corrected chi connectivity index (χ4v) is 3.98. The van der Waals surface area contributed by atoms with Crippen molar-refractivity contribution in [2.45, 2.75) is 46.1 Å². The Balaban J connectivity index is 1.80. The molecule has 0 saturated carbocycles. The zero-order chi connectivity index (χ0) is 22.1. The average molecular weight is 433 g/mol. The van der Waals surface area contributed by atoms with Gasteiger partial charge in [-0.15, -0.1) is 0 Å². The van der Waals surface area contributed by atoms with E-state index in [2.05, 4.69) is 12.2 Å². The summed E-state index contributed by atoms with van der Waals surface area (Å²) in [5.41, 5.74) is 2.93. The zero-order valence-electron chi connectivity index (χ0n) is 18.2. The number of amides is 1. The van der Waals surface area contributed by atoms with Crippen LogP contribution in [0.3, 0.4) is 0 Å². The van der Waals surface area contributed by atoms with Gasteiger partial charge in [-0.1, -0.05) is 36.8 Å². The first-order valence-corrected chi connectivity index (χ1v) is 12.1. The highest BCUT2D eigenvalue weighted by Crippen LogP contribution is 2.19. The van der Waals surface area contributed by atoms with Crippen LogP contribution in [0, 0.1) is 6.92 Å². The van der Waals surface area contributed by atoms with E-state index < -0.39 is 10.0 Å². The molecule has 7 heteroatoms. The third kappa shape index (κ3) is 7.71. The standard InChI is InChI=1S/C23H32N2O4S/c1-5-20-10-12-21(13-11-20)25(30(4,27)28)16-6-7-23(26)24-19(3)17-29-22-14-8-18(2)9-15-22/h8-15,19H,5-7,16-17H2,1-4H3,(H,24,26). The summed E-state index contributed by atoms with van der Waals surface area (Å²) in [6.45, 7) is 6.57. The summed E-state index contributed by atoms with van der Waals surface area (Å²) in [4.78, 5) is 12.2. The highest BCUT2D eigenvalue weighted by Gasteiger charge is 2.18. The molecule has 0 saturated heterocycles. The van der Waals surface area contributed by atoms with Gasteiger partial charge < -0.3 is 10.1 Å². The van der Waals surface area contributed by atoms with Gasteiger partial charge in [-0.2, -0.15) is 0 Å². The molecule has 1 N–H and O–H groups in total. The quantitative estimate of drug-likeness (QED) is 0.588. The number of nitrogens with zero attached hydrogens (tertiary/aromatic N) is 1. The maximum atomic E-state index is 12.2. The Kier molecular flexibility index (Phi) is 8.72. The minimum absolute atomic E-state index is 0.121. The summed E-state index contributed by atoms with van der Waals surface area (Å²) >= 11 is 0. The van der Waals surface area contributed by atoms with Crippen molar-refractivity contribution < 1.29 is 17.9 Å². The van der Waals surface area contributed by atoms with E-state index >= 15 is 0 Å². The number of benzene rings is 2. The molecule has 6 nitrogen and oxygen atoms in total. The zero-order valence-corrected chi connectivity index (χ0v) is 19.0. The van der Waals surface area contributed by atoms with Crippen molar-refractivity contribution in [3.63, 3.8) is 0 Å². The van der Waals surface area contributed by atoms with Crippen LogP contribution >= 0.6 is 0 Å². The Labute approximate surface area is 180 Å². The maximum absolute atomic E-state index is 12.2. The van der Waals surface area contributed by atoms with Crippen molar-refractivity contribution in [1.29, 1.82) is 0 Å². The second-order valence-corrected chi connectivity index (χ2v) is 9.46. The number of carbonyl (C=O) groups excluding carboxylic acids is 1. The van der Waals surface area contributed by atoms with Gasteiger partial charge in [0.25, 0.3) is 0 Å². The van der Waals surface area contributed by atoms with Gasteiger partial charge in [-0.05, 0) is 56.5 Å². The molecule has 1 unspecified atom stereocenters. The molecule has 2 aromatic carbocycles. The molecule has 0 spiro atoms. The second kappa shape index (κ2) is 11.0. The number of hydrogen-bond acceptors (Lipinski definition) is 4. The van der Waals surface area contributed by atoms with Gasteiger partial charge in [-0.25, -0.2) is 8.42 Å². The smallest absolute Gasteiger partial charge is 0.232 e. The van der Waals surface area contributed by atoms with E-state index in [1.54, 1.807) is 0 Å². The number of anilines is 1. The fraction of sp³-hybridized carbons (Fsp3) is 0.435. The summed E-state index contributed by atoms with van der Waals surface area (Å²) in [7, 11) is -3.42. The summed E-state index contributed by atoms with van der Waals surface area (Å²) < 4.78 is 31.4. The van der Waals surface area contributed by atoms with E-state index in [0.29, 0.717) is 18.7 Å². The van der Waals surface area contributed by atoms with E-state index in [-0.39, 0.29) is 24.9 Å². The number of ether oxygens (including phenoxy) is 1. The number of nitrogens with one attached hydrogen (secondary N) is 1. The Morgan fingerprint density at radius 2 is 1.73 bits per heavy atom. The van der Waals surface area contributed by atoms with Gasteiger partial charge in [-0.3, -0.25) is 9.10 Å². The van der Waals surface area contributed by atoms with E-state index in [0.717, 1.165) is 23.3 Å². The van der Waals surface area contributed by atoms with Gasteiger partial charge in [0.2, 0.25) is 15.9 Å². The molecule has 0 radical (unpaired) electrons. The minimum atomic E-state index is -3.42. The highest BCUT2D eigenvalue weighted by molar-refractivity contribution is 7.92. The van der Waals surface area contributed by atoms with Crippen molar-refractivity contribution in [2.24, 2.45) is 0 Å². The molecule has 0 aliphatic carbocycles. The van der Waals surface area contributed by atoms with Crippen LogP contribution in [-0.2, 0) is 21.2 Å². The normalized spacial score (nSPS) is 12.3. The largest absolute Gasteiger partial charge is 0.491 e. The SMILES string of the molecule is CCc1ccc(N(CCCC(=O)NC(C)COc2ccc(C)cc2)S(C)(=O)=O)cc1. The van der Waals surface area contributed by atoms with E-state index in [4.69, 9.17) is 4.74 Å². The maximum Gasteiger partial charge on any atom is 0.232 e. The van der Waals surface area contributed by atoms with Crippen LogP contribution in [0.2, 0.25) is 0 Å². The van der Waals surface area contributed by atoms with Crippen LogP contribution in [0.15, 0.2) is 48.5 Å². The van der Waals surface area contributed by atoms with Crippen molar-refractivity contribution in [3.05, 3.63) is 59.7 Å². The molecule has 2 aromatic rings. The van der Waals surface area contributed by atoms with E-state index in [9.17, 15) is 13.2 Å². The molecule has 1 atom stereocenters. The third-order valence-corrected chi connectivity index (χ3v) is 5.92. The van der Waals surface area contributed by atoms with Crippen LogP contribution in [0.1, 0.15) is 37.8 Å². The van der Waals surface area contributed by atoms with Crippen LogP contribution < -0.4 is 14.4 Å². The number of rotatable bonds is 11. The number of aryl methyl sites for hydroxylation is 2. The Morgan fingerprint density at radius 1 is 1.10 bits per heavy atom. The molecule has 0 heterocycles. The van der Waals surface area contributed by atoms with Crippen LogP contribution in [0.4, 0.5) is 5.69 Å². The van der Waals surface area contributed by atoms with Gasteiger partial charge in [0, 0.05) is 13.0 Å². The highest BCUT2D eigenvalue weighted by atomic mass is 32.2. The van der Waals surface area contributed by atoms with Gasteiger partial charge in [0.1, 0.15) is 12.4 Å². The first-order chi connectivity index (χ1) is 14.2. The number of hydrogen-bond donors (Lipinski definition) is 1. The number of sulfonamides is 1. The first kappa shape index (κ1) is 23.7. The lowest BCUT2D eigenvalue weighted by molar-refractivity contribution is -0.121. The van der Waals surface area contributed by atoms with Crippen molar-refractivity contribution in [2.75, 3.05) is 23.7 Å². The lowest BCUT2D eigenvalue weighted by atomic mass is 10.1. The summed E-state index contributed by atoms with van der Waals surface area (Å²) in [5.74, 6) is 0.643. The fourth-order valence-electron chi connectivity index (χ4n) is 3.01. The minimum Gasteiger partial charge on any atom is -0.491 e. The van der Waals surface area contributed by atoms with Crippen molar-refractivity contribution in [3.8, 4) is 5.75 Å². The average Bonchev–Trinajstić information content (AvgIpc) is 2.70. The topological polar surface area (TPSA) is 75.7 Å². The summed E-state index contributed by atoms with van der Waals surface area (Å²) in [6.07, 6.45) is 2.75. The number of carbonyl (C=O) groups is 1. The van der Waals surface area contributed by atoms with Gasteiger partial charge in [0.15, 0.2) is 0 Å². The molecule has 0 aliphatic heterocycles. The monoisotopic (exact) mass is 432 g/mol. The molecular formula is C23H32N2O4S. The Hall–Kier alpha value is -2.54. The predicted molar refractivity (Wildman–Crippen MR) is 122 cm³/mol. The summed E-state index contributed by atoms with van der Waals surface area (Å²) in [6, 6.07) is 15.1. The molecule has 2 rings (SSSR count). The first-order valence-electron chi connectivity index (χ1n) is 10.2. The molecule has 1 amide bonds. The van der Waals surface area contributed by atoms with Crippen LogP contribution in [-0.4, -0.2) is 39.8 Å².